The Kier molecular flexibility index (Phi) is 56.3. The third-order valence-electron chi connectivity index (χ3n) is 21.0. The predicted molar refractivity (Wildman–Crippen MR) is 630 cm³/mol. The van der Waals surface area contributed by atoms with Crippen molar-refractivity contribution in [2.24, 2.45) is 0 Å². The minimum absolute atomic E-state index is 0.0125. The highest BCUT2D eigenvalue weighted by Gasteiger charge is 2.35. The lowest BCUT2D eigenvalue weighted by molar-refractivity contribution is 0.439. The van der Waals surface area contributed by atoms with Crippen LogP contribution in [-0.4, -0.2) is 114 Å². The fourth-order valence-corrected chi connectivity index (χ4v) is 31.6. The molecule has 0 bridgehead atoms. The van der Waals surface area contributed by atoms with E-state index in [1.807, 2.05) is 159 Å². The average molecular weight is 2510 g/mol. The van der Waals surface area contributed by atoms with Gasteiger partial charge in [-0.15, -0.1) is 0 Å². The Labute approximate surface area is 963 Å². The lowest BCUT2D eigenvalue weighted by Crippen LogP contribution is -2.42. The zero-order chi connectivity index (χ0) is 118. The molecule has 0 spiro atoms. The lowest BCUT2D eigenvalue weighted by atomic mass is 9.98. The molecule has 0 saturated carbocycles. The van der Waals surface area contributed by atoms with Crippen molar-refractivity contribution >= 4 is 231 Å². The van der Waals surface area contributed by atoms with Crippen LogP contribution in [0.5, 0.6) is 0 Å². The molecule has 0 saturated heterocycles. The largest absolute Gasteiger partial charge is 0.244 e. The van der Waals surface area contributed by atoms with Gasteiger partial charge in [0.05, 0.1) is 60.0 Å². The van der Waals surface area contributed by atoms with Gasteiger partial charge in [0.2, 0.25) is 80.2 Å². The van der Waals surface area contributed by atoms with Gasteiger partial charge in [-0.25, -0.2) is 110 Å². The van der Waals surface area contributed by atoms with Crippen LogP contribution in [0.1, 0.15) is 364 Å². The smallest absolute Gasteiger partial charge is 0.211 e. The molecule has 150 heavy (non-hydrogen) atoms. The molecule has 8 N–H and O–H groups in total. The molecule has 0 radical (unpaired) electrons. The summed E-state index contributed by atoms with van der Waals surface area (Å²) in [6, 6.07) is 23.4. The van der Waals surface area contributed by atoms with E-state index in [0.717, 1.165) is 44.5 Å². The van der Waals surface area contributed by atoms with Crippen molar-refractivity contribution in [2.45, 2.75) is 403 Å². The minimum Gasteiger partial charge on any atom is -0.211 e. The maximum atomic E-state index is 14.0. The summed E-state index contributed by atoms with van der Waals surface area (Å²) in [5.74, 6) is 0.613. The van der Waals surface area contributed by atoms with Crippen LogP contribution < -0.4 is 37.8 Å². The summed E-state index contributed by atoms with van der Waals surface area (Å²) in [5, 5.41) is 3.03. The molecule has 0 aliphatic rings. The molecule has 0 aliphatic heterocycles. The highest BCUT2D eigenvalue weighted by Crippen LogP contribution is 2.44. The normalized spacial score (nSPS) is 12.8. The van der Waals surface area contributed by atoms with E-state index in [1.165, 1.54) is 30.3 Å². The Balaban J connectivity index is 0.000000858. The molecule has 8 aromatic rings. The summed E-state index contributed by atoms with van der Waals surface area (Å²) < 4.78 is 229. The van der Waals surface area contributed by atoms with Gasteiger partial charge in [-0.2, -0.15) is 0 Å². The van der Waals surface area contributed by atoms with Crippen molar-refractivity contribution in [3.05, 3.63) is 223 Å². The van der Waals surface area contributed by atoms with Gasteiger partial charge >= 0.3 is 0 Å². The Morgan fingerprint density at radius 2 is 0.493 bits per heavy atom. The fourth-order valence-electron chi connectivity index (χ4n) is 13.7. The monoisotopic (exact) mass is 2500 g/mol. The van der Waals surface area contributed by atoms with Crippen LogP contribution in [-0.2, 0) is 80.2 Å². The molecule has 0 amide bonds. The van der Waals surface area contributed by atoms with Crippen LogP contribution >= 0.6 is 151 Å². The number of halogens is 14. The Morgan fingerprint density at radius 1 is 0.247 bits per heavy atom. The van der Waals surface area contributed by atoms with E-state index in [4.69, 9.17) is 151 Å². The predicted octanol–water partition coefficient (Wildman–Crippen LogP) is 31.5. The topological polar surface area (TPSA) is 369 Å². The van der Waals surface area contributed by atoms with E-state index < -0.39 is 119 Å². The number of rotatable bonds is 29. The number of sulfonamides is 8. The molecule has 0 fully saturated rings. The summed E-state index contributed by atoms with van der Waals surface area (Å²) in [6.07, 6.45) is 0.711. The number of hydrogen-bond acceptors (Lipinski definition) is 16. The zero-order valence-corrected chi connectivity index (χ0v) is 109. The Morgan fingerprint density at radius 3 is 0.787 bits per heavy atom. The number of benzene rings is 8. The maximum absolute atomic E-state index is 14.0. The van der Waals surface area contributed by atoms with Crippen molar-refractivity contribution < 1.29 is 71.7 Å². The Hall–Kier alpha value is -3.26. The molecule has 0 heterocycles. The van der Waals surface area contributed by atoms with Crippen molar-refractivity contribution in [3.63, 3.8) is 0 Å². The van der Waals surface area contributed by atoms with Gasteiger partial charge in [-0.1, -0.05) is 312 Å². The Bertz CT molecular complexity index is 6740. The third-order valence-corrected chi connectivity index (χ3v) is 41.3. The summed E-state index contributed by atoms with van der Waals surface area (Å²) in [6.45, 7) is 72.8. The van der Waals surface area contributed by atoms with Crippen LogP contribution in [0.2, 0.25) is 65.3 Å². The quantitative estimate of drug-likeness (QED) is 0.0216. The van der Waals surface area contributed by atoms with Crippen LogP contribution in [0.3, 0.4) is 0 Å². The van der Waals surface area contributed by atoms with Crippen molar-refractivity contribution in [1.29, 1.82) is 0 Å². The van der Waals surface area contributed by atoms with Gasteiger partial charge in [0.1, 0.15) is 29.4 Å². The molecule has 8 rings (SSSR count). The number of nitrogens with one attached hydrogen (secondary N) is 8. The van der Waals surface area contributed by atoms with Gasteiger partial charge in [-0.3, -0.25) is 0 Å². The lowest BCUT2D eigenvalue weighted by Gasteiger charge is -2.25. The van der Waals surface area contributed by atoms with Gasteiger partial charge < -0.3 is 0 Å². The van der Waals surface area contributed by atoms with Gasteiger partial charge in [0.25, 0.3) is 0 Å². The zero-order valence-electron chi connectivity index (χ0n) is 92.9. The van der Waals surface area contributed by atoms with Crippen LogP contribution in [0, 0.1) is 26.6 Å². The van der Waals surface area contributed by atoms with E-state index >= 15 is 0 Å². The van der Waals surface area contributed by atoms with Crippen molar-refractivity contribution in [3.8, 4) is 0 Å². The second-order valence-electron chi connectivity index (χ2n) is 43.4. The van der Waals surface area contributed by atoms with Gasteiger partial charge in [0, 0.05) is 61.4 Å². The SMILES string of the molecule is CC(C)NS(=O)(=O)c1ccc(C(C)C)c(Cl)c1Cl.CC(C)NS(=O)(=O)c1ccc(C(C)C)c(Cl)c1F.CC(C)c1cc(Cl)c(S(=O)(=O)NC(C)(C)C)cc1Cl.CC(C)c1ccc(S(=O)(=O)NC(C)(C)C)c(Cl)c1Cl.CCC(C)(C)NS(=O)(=O)c1ccc(C(C)C)c(Cl)c1C.CCNS(=O)(=O)c1ccc(C(C)C)c(Cl)c1Cl.Cc1c(C(C)C)cc(Cl)c(S(=O)(=O)NC(C)(C)C)c1Cl.Cc1c(S(=O)(=O)NC(C)(C)C)ccc(C(C)C)c1Cl. The third kappa shape index (κ3) is 43.7. The molecule has 0 atom stereocenters. The summed E-state index contributed by atoms with van der Waals surface area (Å²) in [4.78, 5) is 0.119. The van der Waals surface area contributed by atoms with Crippen molar-refractivity contribution in [1.82, 2.24) is 37.8 Å². The van der Waals surface area contributed by atoms with E-state index in [9.17, 15) is 71.7 Å². The van der Waals surface area contributed by atoms with E-state index in [2.05, 4.69) is 37.8 Å². The maximum Gasteiger partial charge on any atom is 0.244 e. The molecule has 46 heteroatoms. The standard InChI is InChI=1S/C15H24ClNO2S.C14H21Cl2NO2S.C14H22ClNO2S.2C13H19Cl2NO2S.C12H17Cl2NO2S.C12H17ClFNO2S.C11H15Cl2NO2S/c1-7-15(5,6)17-20(18,19)13-9-8-12(10(2)3)14(16)11(13)4;1-8(2)10-7-11(15)13(12(16)9(10)3)20(18,19)17-14(4,5)6;1-9(2)11-7-8-12(10(3)13(11)15)19(17,18)16-14(4,5)6;1-8(2)9-6-11(15)12(7-10(9)14)19(17,18)16-13(3,4)5;1-8(2)9-6-7-10(12(15)11(9)14)19(17,18)16-13(3,4)5;2*1-7(2)9-5-6-10(12(14)11(9)13)18(16,17)15-8(3)4;1-4-14-17(15,16)9-6-5-8(7(2)3)10(12)11(9)13/h8-10,17H,7H2,1-6H3;7-8,17H,1-6H3;7-9,16H,1-6H3;2*6-8,16H,1-5H3;2*5-8,15H,1-4H3;5-7,14H,4H2,1-3H3. The second kappa shape index (κ2) is 58.4. The minimum atomic E-state index is -3.86. The first-order valence-electron chi connectivity index (χ1n) is 48.1. The summed E-state index contributed by atoms with van der Waals surface area (Å²) in [7, 11) is -29.3. The average Bonchev–Trinajstić information content (AvgIpc) is 0.763. The molecule has 0 aromatic heterocycles. The molecule has 0 aliphatic carbocycles. The summed E-state index contributed by atoms with van der Waals surface area (Å²) >= 11 is 79.6. The molecular weight excluding hydrogens is 2350 g/mol. The van der Waals surface area contributed by atoms with E-state index in [-0.39, 0.29) is 129 Å². The van der Waals surface area contributed by atoms with Crippen LogP contribution in [0.25, 0.3) is 0 Å². The highest BCUT2D eigenvalue weighted by atomic mass is 35.5. The summed E-state index contributed by atoms with van der Waals surface area (Å²) in [5.41, 5.74) is 6.04. The fraction of sp³-hybridized carbons (Fsp3) is 0.538. The molecule has 24 nitrogen and oxygen atoms in total. The molecule has 852 valence electrons. The molecule has 0 unspecified atom stereocenters. The first-order chi connectivity index (χ1) is 67.4. The van der Waals surface area contributed by atoms with E-state index in [0.29, 0.717) is 59.8 Å². The first kappa shape index (κ1) is 145. The van der Waals surface area contributed by atoms with Crippen LogP contribution in [0.15, 0.2) is 130 Å². The molecule has 8 aromatic carbocycles. The number of hydrogen-bond donors (Lipinski definition) is 8. The van der Waals surface area contributed by atoms with Gasteiger partial charge in [0.15, 0.2) is 5.82 Å². The second-order valence-corrected chi connectivity index (χ2v) is 61.7. The first-order valence-corrected chi connectivity index (χ1v) is 64.9. The van der Waals surface area contributed by atoms with E-state index in [1.54, 1.807) is 171 Å². The van der Waals surface area contributed by atoms with Crippen molar-refractivity contribution in [2.75, 3.05) is 6.54 Å². The van der Waals surface area contributed by atoms with Gasteiger partial charge in [-0.05, 0) is 315 Å². The van der Waals surface area contributed by atoms with Crippen LogP contribution in [0.4, 0.5) is 4.39 Å². The highest BCUT2D eigenvalue weighted by molar-refractivity contribution is 7.91. The molecular formula is C104H154Cl13FN8O16S8.